The SMILES string of the molecule is O=C(O)C=CC1=Cc2ccccc2ON1. The minimum Gasteiger partial charge on any atom is -0.478 e. The second-order valence-electron chi connectivity index (χ2n) is 3.01. The molecule has 1 aliphatic heterocycles. The third kappa shape index (κ3) is 2.17. The van der Waals surface area contributed by atoms with Crippen LogP contribution in [0.25, 0.3) is 6.08 Å². The van der Waals surface area contributed by atoms with Crippen LogP contribution < -0.4 is 10.3 Å². The van der Waals surface area contributed by atoms with Crippen LogP contribution in [0.2, 0.25) is 0 Å². The Labute approximate surface area is 86.4 Å². The molecule has 4 heteroatoms. The van der Waals surface area contributed by atoms with Crippen molar-refractivity contribution in [2.75, 3.05) is 0 Å². The first kappa shape index (κ1) is 9.33. The molecular formula is C11H9NO3. The maximum absolute atomic E-state index is 10.3. The first-order chi connectivity index (χ1) is 7.25. The molecule has 4 nitrogen and oxygen atoms in total. The van der Waals surface area contributed by atoms with Gasteiger partial charge in [-0.2, -0.15) is 0 Å². The van der Waals surface area contributed by atoms with Crippen LogP contribution >= 0.6 is 0 Å². The smallest absolute Gasteiger partial charge is 0.328 e. The van der Waals surface area contributed by atoms with Crippen molar-refractivity contribution in [1.29, 1.82) is 0 Å². The monoisotopic (exact) mass is 203 g/mol. The molecule has 76 valence electrons. The highest BCUT2D eigenvalue weighted by Gasteiger charge is 2.07. The Balaban J connectivity index is 2.25. The van der Waals surface area contributed by atoms with Gasteiger partial charge in [0.2, 0.25) is 0 Å². The molecular weight excluding hydrogens is 194 g/mol. The minimum absolute atomic E-state index is 0.608. The van der Waals surface area contributed by atoms with Crippen molar-refractivity contribution in [3.8, 4) is 5.75 Å². The summed E-state index contributed by atoms with van der Waals surface area (Å²) in [4.78, 5) is 15.5. The lowest BCUT2D eigenvalue weighted by Gasteiger charge is -2.16. The number of benzene rings is 1. The number of fused-ring (bicyclic) bond motifs is 1. The number of para-hydroxylation sites is 1. The molecule has 0 saturated heterocycles. The number of nitrogens with one attached hydrogen (secondary N) is 1. The predicted octanol–water partition coefficient (Wildman–Crippen LogP) is 1.57. The van der Waals surface area contributed by atoms with Gasteiger partial charge in [-0.1, -0.05) is 18.2 Å². The van der Waals surface area contributed by atoms with Gasteiger partial charge in [0.05, 0.1) is 5.70 Å². The zero-order valence-electron chi connectivity index (χ0n) is 7.81. The number of carboxylic acid groups (broad SMARTS) is 1. The summed E-state index contributed by atoms with van der Waals surface area (Å²) >= 11 is 0. The van der Waals surface area contributed by atoms with E-state index in [9.17, 15) is 4.79 Å². The molecule has 1 aromatic carbocycles. The van der Waals surface area contributed by atoms with Crippen LogP contribution in [0.4, 0.5) is 0 Å². The van der Waals surface area contributed by atoms with Gasteiger partial charge in [-0.3, -0.25) is 0 Å². The topological polar surface area (TPSA) is 58.6 Å². The van der Waals surface area contributed by atoms with Crippen LogP contribution in [0.5, 0.6) is 5.75 Å². The fourth-order valence-electron chi connectivity index (χ4n) is 1.25. The van der Waals surface area contributed by atoms with E-state index in [0.29, 0.717) is 5.70 Å². The summed E-state index contributed by atoms with van der Waals surface area (Å²) in [5.41, 5.74) is 4.17. The highest BCUT2D eigenvalue weighted by atomic mass is 16.6. The number of allylic oxidation sites excluding steroid dienone is 1. The van der Waals surface area contributed by atoms with E-state index in [2.05, 4.69) is 5.48 Å². The lowest BCUT2D eigenvalue weighted by molar-refractivity contribution is -0.131. The molecule has 1 aliphatic rings. The summed E-state index contributed by atoms with van der Waals surface area (Å²) in [5, 5.41) is 8.46. The summed E-state index contributed by atoms with van der Waals surface area (Å²) < 4.78 is 0. The average Bonchev–Trinajstić information content (AvgIpc) is 2.26. The van der Waals surface area contributed by atoms with Crippen LogP contribution in [0.3, 0.4) is 0 Å². The van der Waals surface area contributed by atoms with Gasteiger partial charge in [-0.25, -0.2) is 10.3 Å². The van der Waals surface area contributed by atoms with Crippen molar-refractivity contribution in [3.05, 3.63) is 47.7 Å². The molecule has 2 rings (SSSR count). The third-order valence-corrected chi connectivity index (χ3v) is 1.91. The zero-order valence-corrected chi connectivity index (χ0v) is 7.81. The number of aliphatic carboxylic acids is 1. The van der Waals surface area contributed by atoms with E-state index in [4.69, 9.17) is 9.94 Å². The van der Waals surface area contributed by atoms with Crippen LogP contribution in [0.1, 0.15) is 5.56 Å². The highest BCUT2D eigenvalue weighted by Crippen LogP contribution is 2.23. The number of hydrogen-bond donors (Lipinski definition) is 2. The summed E-state index contributed by atoms with van der Waals surface area (Å²) in [6.07, 6.45) is 4.31. The van der Waals surface area contributed by atoms with Gasteiger partial charge >= 0.3 is 5.97 Å². The maximum atomic E-state index is 10.3. The number of hydroxylamine groups is 1. The van der Waals surface area contributed by atoms with E-state index in [0.717, 1.165) is 17.4 Å². The number of hydrogen-bond acceptors (Lipinski definition) is 3. The Hall–Kier alpha value is -2.23. The van der Waals surface area contributed by atoms with E-state index >= 15 is 0 Å². The molecule has 15 heavy (non-hydrogen) atoms. The van der Waals surface area contributed by atoms with Crippen molar-refractivity contribution in [2.24, 2.45) is 0 Å². The fraction of sp³-hybridized carbons (Fsp3) is 0. The molecule has 0 spiro atoms. The third-order valence-electron chi connectivity index (χ3n) is 1.91. The van der Waals surface area contributed by atoms with Crippen molar-refractivity contribution >= 4 is 12.0 Å². The van der Waals surface area contributed by atoms with Gasteiger partial charge in [-0.15, -0.1) is 0 Å². The Morgan fingerprint density at radius 2 is 2.20 bits per heavy atom. The summed E-state index contributed by atoms with van der Waals surface area (Å²) in [5.74, 6) is -0.262. The molecule has 0 atom stereocenters. The lowest BCUT2D eigenvalue weighted by atomic mass is 10.1. The number of carboxylic acids is 1. The molecule has 0 aliphatic carbocycles. The van der Waals surface area contributed by atoms with Gasteiger partial charge in [-0.05, 0) is 18.2 Å². The van der Waals surface area contributed by atoms with Crippen molar-refractivity contribution in [3.63, 3.8) is 0 Å². The second kappa shape index (κ2) is 3.88. The number of rotatable bonds is 2. The molecule has 1 heterocycles. The fourth-order valence-corrected chi connectivity index (χ4v) is 1.25. The standard InChI is InChI=1S/C11H9NO3/c13-11(14)6-5-9-7-8-3-1-2-4-10(8)15-12-9/h1-7,12H,(H,13,14). The predicted molar refractivity (Wildman–Crippen MR) is 55.0 cm³/mol. The van der Waals surface area contributed by atoms with Gasteiger partial charge in [0.25, 0.3) is 0 Å². The molecule has 0 fully saturated rings. The lowest BCUT2D eigenvalue weighted by Crippen LogP contribution is -2.20. The van der Waals surface area contributed by atoms with E-state index in [1.165, 1.54) is 6.08 Å². The minimum atomic E-state index is -0.989. The number of carbonyl (C=O) groups is 1. The Morgan fingerprint density at radius 3 is 3.00 bits per heavy atom. The molecule has 1 aromatic rings. The van der Waals surface area contributed by atoms with Crippen LogP contribution in [0, 0.1) is 0 Å². The van der Waals surface area contributed by atoms with Gasteiger partial charge in [0.1, 0.15) is 0 Å². The van der Waals surface area contributed by atoms with E-state index in [1.807, 2.05) is 30.3 Å². The molecule has 0 aromatic heterocycles. The van der Waals surface area contributed by atoms with Crippen LogP contribution in [-0.4, -0.2) is 11.1 Å². The maximum Gasteiger partial charge on any atom is 0.328 e. The summed E-state index contributed by atoms with van der Waals surface area (Å²) in [7, 11) is 0. The van der Waals surface area contributed by atoms with E-state index in [-0.39, 0.29) is 0 Å². The first-order valence-electron chi connectivity index (χ1n) is 4.40. The van der Waals surface area contributed by atoms with Gasteiger partial charge in [0.15, 0.2) is 5.75 Å². The molecule has 0 unspecified atom stereocenters. The quantitative estimate of drug-likeness (QED) is 0.716. The van der Waals surface area contributed by atoms with Crippen LogP contribution in [0.15, 0.2) is 42.1 Å². The largest absolute Gasteiger partial charge is 0.478 e. The molecule has 2 N–H and O–H groups in total. The van der Waals surface area contributed by atoms with E-state index in [1.54, 1.807) is 0 Å². The molecule has 0 saturated carbocycles. The summed E-state index contributed by atoms with van der Waals surface area (Å²) in [6.45, 7) is 0. The Kier molecular flexibility index (Phi) is 2.41. The Morgan fingerprint density at radius 1 is 1.40 bits per heavy atom. The normalized spacial score (nSPS) is 13.7. The Bertz CT molecular complexity index is 449. The van der Waals surface area contributed by atoms with Crippen molar-refractivity contribution in [1.82, 2.24) is 5.48 Å². The highest BCUT2D eigenvalue weighted by molar-refractivity contribution is 5.81. The first-order valence-corrected chi connectivity index (χ1v) is 4.40. The average molecular weight is 203 g/mol. The second-order valence-corrected chi connectivity index (χ2v) is 3.01. The zero-order chi connectivity index (χ0) is 10.7. The van der Waals surface area contributed by atoms with Crippen molar-refractivity contribution < 1.29 is 14.7 Å². The van der Waals surface area contributed by atoms with Crippen LogP contribution in [-0.2, 0) is 4.79 Å². The van der Waals surface area contributed by atoms with Crippen molar-refractivity contribution in [2.45, 2.75) is 0 Å². The van der Waals surface area contributed by atoms with Gasteiger partial charge < -0.3 is 9.94 Å². The molecule has 0 amide bonds. The van der Waals surface area contributed by atoms with E-state index < -0.39 is 5.97 Å². The molecule has 0 radical (unpaired) electrons. The molecule has 0 bridgehead atoms. The summed E-state index contributed by atoms with van der Waals surface area (Å²) in [6, 6.07) is 7.48. The van der Waals surface area contributed by atoms with Gasteiger partial charge in [0, 0.05) is 11.6 Å².